The molecule has 152 valence electrons. The first kappa shape index (κ1) is 19.4. The second-order valence-electron chi connectivity index (χ2n) is 6.36. The number of fused-ring (bicyclic) bond motifs is 1. The number of alkyl halides is 2. The molecule has 0 atom stereocenters. The molecule has 0 aliphatic carbocycles. The zero-order chi connectivity index (χ0) is 21.1. The van der Waals surface area contributed by atoms with Crippen LogP contribution >= 0.6 is 0 Å². The number of anilines is 1. The van der Waals surface area contributed by atoms with Crippen LogP contribution in [0.2, 0.25) is 0 Å². The summed E-state index contributed by atoms with van der Waals surface area (Å²) in [6, 6.07) is 20.0. The summed E-state index contributed by atoms with van der Waals surface area (Å²) in [6.07, 6.45) is -3.74. The van der Waals surface area contributed by atoms with Crippen LogP contribution in [0, 0.1) is 0 Å². The number of halogens is 2. The van der Waals surface area contributed by atoms with Crippen molar-refractivity contribution in [3.63, 3.8) is 0 Å². The number of rotatable bonds is 5. The maximum absolute atomic E-state index is 13.1. The number of esters is 1. The third-order valence-corrected chi connectivity index (χ3v) is 4.25. The van der Waals surface area contributed by atoms with E-state index < -0.39 is 24.8 Å². The molecule has 3 aromatic carbocycles. The summed E-state index contributed by atoms with van der Waals surface area (Å²) in [6.45, 7) is -0.549. The molecule has 0 unspecified atom stereocenters. The van der Waals surface area contributed by atoms with Gasteiger partial charge in [-0.1, -0.05) is 48.5 Å². The van der Waals surface area contributed by atoms with Crippen LogP contribution in [-0.4, -0.2) is 24.8 Å². The standard InChI is InChI=1S/C22H15F2NO5/c23-22(24)29-18-11-10-15(12-19(18)30-22)25-20(26)13-28-21(27)17-9-5-4-8-16(17)14-6-2-1-3-7-14/h1-12H,13H2,(H,25,26). The average Bonchev–Trinajstić information content (AvgIpc) is 3.05. The van der Waals surface area contributed by atoms with Crippen LogP contribution in [-0.2, 0) is 9.53 Å². The first-order valence-corrected chi connectivity index (χ1v) is 8.93. The molecule has 3 aromatic rings. The summed E-state index contributed by atoms with van der Waals surface area (Å²) < 4.78 is 39.9. The van der Waals surface area contributed by atoms with Gasteiger partial charge in [0.15, 0.2) is 18.1 Å². The van der Waals surface area contributed by atoms with Gasteiger partial charge in [0.2, 0.25) is 0 Å². The minimum Gasteiger partial charge on any atom is -0.452 e. The predicted octanol–water partition coefficient (Wildman–Crippen LogP) is 4.47. The number of hydrogen-bond donors (Lipinski definition) is 1. The van der Waals surface area contributed by atoms with E-state index in [0.29, 0.717) is 11.1 Å². The Kier molecular flexibility index (Phi) is 5.05. The molecule has 4 rings (SSSR count). The zero-order valence-corrected chi connectivity index (χ0v) is 15.4. The molecule has 30 heavy (non-hydrogen) atoms. The lowest BCUT2D eigenvalue weighted by Gasteiger charge is -2.10. The summed E-state index contributed by atoms with van der Waals surface area (Å²) in [5.41, 5.74) is 2.04. The topological polar surface area (TPSA) is 73.9 Å². The van der Waals surface area contributed by atoms with Gasteiger partial charge in [0.1, 0.15) is 0 Å². The molecule has 0 radical (unpaired) electrons. The fourth-order valence-electron chi connectivity index (χ4n) is 2.96. The van der Waals surface area contributed by atoms with Crippen LogP contribution in [0.5, 0.6) is 11.5 Å². The third-order valence-electron chi connectivity index (χ3n) is 4.25. The van der Waals surface area contributed by atoms with Gasteiger partial charge in [-0.25, -0.2) is 4.79 Å². The molecule has 0 aromatic heterocycles. The van der Waals surface area contributed by atoms with Crippen LogP contribution in [0.3, 0.4) is 0 Å². The Morgan fingerprint density at radius 3 is 2.40 bits per heavy atom. The molecular formula is C22H15F2NO5. The SMILES string of the molecule is O=C(COC(=O)c1ccccc1-c1ccccc1)Nc1ccc2c(c1)OC(F)(F)O2. The van der Waals surface area contributed by atoms with Crippen LogP contribution in [0.15, 0.2) is 72.8 Å². The summed E-state index contributed by atoms with van der Waals surface area (Å²) in [7, 11) is 0. The fraction of sp³-hybridized carbons (Fsp3) is 0.0909. The second-order valence-corrected chi connectivity index (χ2v) is 6.36. The van der Waals surface area contributed by atoms with Crippen LogP contribution < -0.4 is 14.8 Å². The van der Waals surface area contributed by atoms with Gasteiger partial charge in [0, 0.05) is 11.8 Å². The number of nitrogens with one attached hydrogen (secondary N) is 1. The Hall–Kier alpha value is -3.94. The minimum absolute atomic E-state index is 0.137. The van der Waals surface area contributed by atoms with E-state index in [-0.39, 0.29) is 17.2 Å². The third kappa shape index (κ3) is 4.22. The van der Waals surface area contributed by atoms with E-state index in [0.717, 1.165) is 5.56 Å². The quantitative estimate of drug-likeness (QED) is 0.627. The van der Waals surface area contributed by atoms with Crippen molar-refractivity contribution in [2.45, 2.75) is 6.29 Å². The monoisotopic (exact) mass is 411 g/mol. The Balaban J connectivity index is 1.39. The predicted molar refractivity (Wildman–Crippen MR) is 103 cm³/mol. The number of amides is 1. The lowest BCUT2D eigenvalue weighted by atomic mass is 10.00. The Bertz CT molecular complexity index is 1100. The van der Waals surface area contributed by atoms with Crippen molar-refractivity contribution in [3.8, 4) is 22.6 Å². The molecule has 6 nitrogen and oxygen atoms in total. The fourth-order valence-corrected chi connectivity index (χ4v) is 2.96. The molecule has 0 fully saturated rings. The van der Waals surface area contributed by atoms with Gasteiger partial charge in [-0.15, -0.1) is 8.78 Å². The number of ether oxygens (including phenoxy) is 3. The van der Waals surface area contributed by atoms with Gasteiger partial charge in [0.25, 0.3) is 5.91 Å². The van der Waals surface area contributed by atoms with Crippen molar-refractivity contribution < 1.29 is 32.6 Å². The van der Waals surface area contributed by atoms with E-state index in [2.05, 4.69) is 14.8 Å². The van der Waals surface area contributed by atoms with Gasteiger partial charge < -0.3 is 19.5 Å². The minimum atomic E-state index is -3.74. The molecule has 1 amide bonds. The molecule has 1 heterocycles. The van der Waals surface area contributed by atoms with Crippen molar-refractivity contribution in [1.29, 1.82) is 0 Å². The molecule has 1 N–H and O–H groups in total. The Morgan fingerprint density at radius 1 is 0.900 bits per heavy atom. The van der Waals surface area contributed by atoms with Gasteiger partial charge in [-0.2, -0.15) is 0 Å². The van der Waals surface area contributed by atoms with Crippen LogP contribution in [0.25, 0.3) is 11.1 Å². The summed E-state index contributed by atoms with van der Waals surface area (Å²) in [5, 5.41) is 2.46. The van der Waals surface area contributed by atoms with Crippen LogP contribution in [0.4, 0.5) is 14.5 Å². The lowest BCUT2D eigenvalue weighted by molar-refractivity contribution is -0.286. The van der Waals surface area contributed by atoms with Crippen molar-refractivity contribution in [1.82, 2.24) is 0 Å². The molecule has 0 bridgehead atoms. The maximum atomic E-state index is 13.1. The van der Waals surface area contributed by atoms with Crippen molar-refractivity contribution in [2.24, 2.45) is 0 Å². The number of carbonyl (C=O) groups excluding carboxylic acids is 2. The van der Waals surface area contributed by atoms with Crippen LogP contribution in [0.1, 0.15) is 10.4 Å². The van der Waals surface area contributed by atoms with Gasteiger partial charge in [-0.05, 0) is 29.3 Å². The molecule has 0 saturated heterocycles. The Morgan fingerprint density at radius 2 is 1.60 bits per heavy atom. The van der Waals surface area contributed by atoms with Gasteiger partial charge in [-0.3, -0.25) is 4.79 Å². The average molecular weight is 411 g/mol. The molecule has 0 spiro atoms. The highest BCUT2D eigenvalue weighted by Gasteiger charge is 2.43. The van der Waals surface area contributed by atoms with E-state index in [9.17, 15) is 18.4 Å². The van der Waals surface area contributed by atoms with Gasteiger partial charge in [0.05, 0.1) is 5.56 Å². The highest BCUT2D eigenvalue weighted by molar-refractivity contribution is 5.99. The van der Waals surface area contributed by atoms with E-state index in [1.807, 2.05) is 30.3 Å². The largest absolute Gasteiger partial charge is 0.586 e. The molecule has 1 aliphatic heterocycles. The first-order valence-electron chi connectivity index (χ1n) is 8.93. The molecule has 8 heteroatoms. The summed E-state index contributed by atoms with van der Waals surface area (Å²) >= 11 is 0. The number of benzene rings is 3. The lowest BCUT2D eigenvalue weighted by Crippen LogP contribution is -2.25. The number of hydrogen-bond acceptors (Lipinski definition) is 5. The normalized spacial score (nSPS) is 13.5. The molecule has 0 saturated carbocycles. The maximum Gasteiger partial charge on any atom is 0.586 e. The van der Waals surface area contributed by atoms with Crippen molar-refractivity contribution >= 4 is 17.6 Å². The van der Waals surface area contributed by atoms with E-state index in [1.54, 1.807) is 24.3 Å². The van der Waals surface area contributed by atoms with Crippen molar-refractivity contribution in [2.75, 3.05) is 11.9 Å². The van der Waals surface area contributed by atoms with E-state index >= 15 is 0 Å². The zero-order valence-electron chi connectivity index (χ0n) is 15.4. The number of carbonyl (C=O) groups is 2. The second kappa shape index (κ2) is 7.82. The summed E-state index contributed by atoms with van der Waals surface area (Å²) in [5.74, 6) is -1.63. The summed E-state index contributed by atoms with van der Waals surface area (Å²) in [4.78, 5) is 24.6. The van der Waals surface area contributed by atoms with E-state index in [1.165, 1.54) is 18.2 Å². The Labute approximate surface area is 170 Å². The van der Waals surface area contributed by atoms with Gasteiger partial charge >= 0.3 is 12.3 Å². The van der Waals surface area contributed by atoms with Crippen molar-refractivity contribution in [3.05, 3.63) is 78.4 Å². The highest BCUT2D eigenvalue weighted by Crippen LogP contribution is 2.42. The first-order chi connectivity index (χ1) is 14.4. The molecule has 1 aliphatic rings. The van der Waals surface area contributed by atoms with E-state index in [4.69, 9.17) is 4.74 Å². The highest BCUT2D eigenvalue weighted by atomic mass is 19.3. The smallest absolute Gasteiger partial charge is 0.452 e. The molecular weight excluding hydrogens is 396 g/mol.